The summed E-state index contributed by atoms with van der Waals surface area (Å²) in [5.74, 6) is 0. The van der Waals surface area contributed by atoms with Crippen molar-refractivity contribution in [1.82, 2.24) is 4.98 Å². The second-order valence-electron chi connectivity index (χ2n) is 5.32. The van der Waals surface area contributed by atoms with Crippen molar-refractivity contribution in [2.24, 2.45) is 5.41 Å². The number of rotatable bonds is 1. The Hall–Kier alpha value is -0.890. The van der Waals surface area contributed by atoms with E-state index in [1.54, 1.807) is 0 Å². The zero-order valence-electron chi connectivity index (χ0n) is 9.79. The standard InChI is InChI=1S/C13H17NS/c1-9-5-6-10-11(7-9)15-12(14-10)8-13(2,3)4/h5-7H,8H2,1-4H3. The van der Waals surface area contributed by atoms with Crippen LogP contribution >= 0.6 is 11.3 Å². The maximum absolute atomic E-state index is 4.66. The van der Waals surface area contributed by atoms with E-state index in [0.717, 1.165) is 11.9 Å². The summed E-state index contributed by atoms with van der Waals surface area (Å²) in [6.45, 7) is 8.89. The lowest BCUT2D eigenvalue weighted by atomic mass is 9.93. The van der Waals surface area contributed by atoms with E-state index in [9.17, 15) is 0 Å². The van der Waals surface area contributed by atoms with Crippen molar-refractivity contribution < 1.29 is 0 Å². The molecule has 1 heterocycles. The van der Waals surface area contributed by atoms with Crippen molar-refractivity contribution in [3.8, 4) is 0 Å². The van der Waals surface area contributed by atoms with Gasteiger partial charge in [-0.05, 0) is 30.0 Å². The van der Waals surface area contributed by atoms with Gasteiger partial charge >= 0.3 is 0 Å². The molecule has 0 fully saturated rings. The summed E-state index contributed by atoms with van der Waals surface area (Å²) in [5.41, 5.74) is 2.78. The highest BCUT2D eigenvalue weighted by atomic mass is 32.1. The number of benzene rings is 1. The third-order valence-corrected chi connectivity index (χ3v) is 3.29. The monoisotopic (exact) mass is 219 g/mol. The third-order valence-electron chi connectivity index (χ3n) is 2.27. The van der Waals surface area contributed by atoms with Crippen LogP contribution < -0.4 is 0 Å². The Morgan fingerprint density at radius 2 is 2.00 bits per heavy atom. The van der Waals surface area contributed by atoms with E-state index in [-0.39, 0.29) is 0 Å². The summed E-state index contributed by atoms with van der Waals surface area (Å²) in [7, 11) is 0. The average Bonchev–Trinajstić information content (AvgIpc) is 2.42. The van der Waals surface area contributed by atoms with E-state index in [1.165, 1.54) is 15.3 Å². The lowest BCUT2D eigenvalue weighted by Gasteiger charge is -2.15. The number of hydrogen-bond acceptors (Lipinski definition) is 2. The number of hydrogen-bond donors (Lipinski definition) is 0. The topological polar surface area (TPSA) is 12.9 Å². The highest BCUT2D eigenvalue weighted by Crippen LogP contribution is 2.28. The van der Waals surface area contributed by atoms with Crippen molar-refractivity contribution in [2.45, 2.75) is 34.1 Å². The average molecular weight is 219 g/mol. The van der Waals surface area contributed by atoms with Crippen LogP contribution in [0, 0.1) is 12.3 Å². The van der Waals surface area contributed by atoms with Crippen LogP contribution in [-0.4, -0.2) is 4.98 Å². The van der Waals surface area contributed by atoms with Gasteiger partial charge in [-0.15, -0.1) is 11.3 Å². The van der Waals surface area contributed by atoms with Crippen molar-refractivity contribution >= 4 is 21.6 Å². The van der Waals surface area contributed by atoms with E-state index in [4.69, 9.17) is 0 Å². The molecule has 0 atom stereocenters. The maximum Gasteiger partial charge on any atom is 0.0943 e. The molecule has 0 bridgehead atoms. The van der Waals surface area contributed by atoms with Gasteiger partial charge in [-0.1, -0.05) is 26.8 Å². The Morgan fingerprint density at radius 1 is 1.27 bits per heavy atom. The summed E-state index contributed by atoms with van der Waals surface area (Å²) in [6.07, 6.45) is 1.06. The maximum atomic E-state index is 4.66. The van der Waals surface area contributed by atoms with Gasteiger partial charge in [0.2, 0.25) is 0 Å². The molecule has 2 aromatic rings. The number of nitrogens with zero attached hydrogens (tertiary/aromatic N) is 1. The molecule has 1 aromatic heterocycles. The minimum atomic E-state index is 0.322. The van der Waals surface area contributed by atoms with Gasteiger partial charge in [0.25, 0.3) is 0 Å². The van der Waals surface area contributed by atoms with Crippen molar-refractivity contribution in [3.05, 3.63) is 28.8 Å². The lowest BCUT2D eigenvalue weighted by molar-refractivity contribution is 0.411. The highest BCUT2D eigenvalue weighted by Gasteiger charge is 2.14. The fourth-order valence-corrected chi connectivity index (χ4v) is 2.97. The summed E-state index contributed by atoms with van der Waals surface area (Å²) in [6, 6.07) is 6.47. The molecule has 0 spiro atoms. The first-order valence-electron chi connectivity index (χ1n) is 5.30. The van der Waals surface area contributed by atoms with Gasteiger partial charge in [0, 0.05) is 6.42 Å². The number of thiazole rings is 1. The Morgan fingerprint density at radius 3 is 2.67 bits per heavy atom. The van der Waals surface area contributed by atoms with E-state index in [1.807, 2.05) is 11.3 Å². The van der Waals surface area contributed by atoms with Gasteiger partial charge in [-0.25, -0.2) is 4.98 Å². The molecule has 15 heavy (non-hydrogen) atoms. The van der Waals surface area contributed by atoms with Gasteiger partial charge in [-0.2, -0.15) is 0 Å². The molecule has 2 heteroatoms. The number of aromatic nitrogens is 1. The molecule has 80 valence electrons. The molecule has 0 aliphatic heterocycles. The molecule has 0 amide bonds. The quantitative estimate of drug-likeness (QED) is 0.700. The molecule has 0 aliphatic carbocycles. The van der Waals surface area contributed by atoms with Crippen LogP contribution in [0.2, 0.25) is 0 Å². The zero-order valence-corrected chi connectivity index (χ0v) is 10.6. The molecular weight excluding hydrogens is 202 g/mol. The van der Waals surface area contributed by atoms with Crippen LogP contribution in [0.1, 0.15) is 31.3 Å². The fraction of sp³-hybridized carbons (Fsp3) is 0.462. The summed E-state index contributed by atoms with van der Waals surface area (Å²) in [5, 5.41) is 1.25. The Balaban J connectivity index is 2.39. The van der Waals surface area contributed by atoms with Gasteiger partial charge in [0.15, 0.2) is 0 Å². The minimum Gasteiger partial charge on any atom is -0.241 e. The number of aryl methyl sites for hydroxylation is 1. The molecule has 0 saturated heterocycles. The molecule has 0 aliphatic rings. The molecule has 1 aromatic carbocycles. The predicted molar refractivity (Wildman–Crippen MR) is 67.5 cm³/mol. The zero-order chi connectivity index (χ0) is 11.1. The second-order valence-corrected chi connectivity index (χ2v) is 6.43. The van der Waals surface area contributed by atoms with Gasteiger partial charge < -0.3 is 0 Å². The highest BCUT2D eigenvalue weighted by molar-refractivity contribution is 7.18. The summed E-state index contributed by atoms with van der Waals surface area (Å²) < 4.78 is 1.31. The van der Waals surface area contributed by atoms with Crippen LogP contribution in [0.25, 0.3) is 10.2 Å². The van der Waals surface area contributed by atoms with Crippen LogP contribution in [0.3, 0.4) is 0 Å². The molecular formula is C13H17NS. The fourth-order valence-electron chi connectivity index (χ4n) is 1.61. The first-order valence-corrected chi connectivity index (χ1v) is 6.12. The Bertz CT molecular complexity index is 477. The van der Waals surface area contributed by atoms with E-state index in [2.05, 4.69) is 50.9 Å². The Kier molecular flexibility index (Phi) is 2.55. The first-order chi connectivity index (χ1) is 6.94. The first kappa shape index (κ1) is 10.6. The summed E-state index contributed by atoms with van der Waals surface area (Å²) in [4.78, 5) is 4.66. The minimum absolute atomic E-state index is 0.322. The smallest absolute Gasteiger partial charge is 0.0943 e. The van der Waals surface area contributed by atoms with Crippen LogP contribution in [0.15, 0.2) is 18.2 Å². The van der Waals surface area contributed by atoms with Crippen LogP contribution in [0.4, 0.5) is 0 Å². The molecule has 0 radical (unpaired) electrons. The molecule has 2 rings (SSSR count). The largest absolute Gasteiger partial charge is 0.241 e. The van der Waals surface area contributed by atoms with Gasteiger partial charge in [-0.3, -0.25) is 0 Å². The summed E-state index contributed by atoms with van der Waals surface area (Å²) >= 11 is 1.83. The van der Waals surface area contributed by atoms with E-state index >= 15 is 0 Å². The normalized spacial score (nSPS) is 12.3. The lowest BCUT2D eigenvalue weighted by Crippen LogP contribution is -2.08. The molecule has 0 N–H and O–H groups in total. The van der Waals surface area contributed by atoms with Crippen LogP contribution in [0.5, 0.6) is 0 Å². The molecule has 1 nitrogen and oxygen atoms in total. The van der Waals surface area contributed by atoms with E-state index in [0.29, 0.717) is 5.41 Å². The van der Waals surface area contributed by atoms with Crippen molar-refractivity contribution in [3.63, 3.8) is 0 Å². The van der Waals surface area contributed by atoms with Gasteiger partial charge in [0.1, 0.15) is 0 Å². The van der Waals surface area contributed by atoms with Crippen LogP contribution in [-0.2, 0) is 6.42 Å². The van der Waals surface area contributed by atoms with E-state index < -0.39 is 0 Å². The van der Waals surface area contributed by atoms with Gasteiger partial charge in [0.05, 0.1) is 15.2 Å². The van der Waals surface area contributed by atoms with Crippen molar-refractivity contribution in [2.75, 3.05) is 0 Å². The SMILES string of the molecule is Cc1ccc2nc(CC(C)(C)C)sc2c1. The van der Waals surface area contributed by atoms with Crippen molar-refractivity contribution in [1.29, 1.82) is 0 Å². The molecule has 0 unspecified atom stereocenters. The predicted octanol–water partition coefficient (Wildman–Crippen LogP) is 4.19. The third kappa shape index (κ3) is 2.57. The Labute approximate surface area is 95.2 Å². The second kappa shape index (κ2) is 3.60. The molecule has 0 saturated carbocycles. The number of fused-ring (bicyclic) bond motifs is 1.